The summed E-state index contributed by atoms with van der Waals surface area (Å²) >= 11 is 12.1. The Morgan fingerprint density at radius 2 is 1.85 bits per heavy atom. The standard InChI is InChI=1S/C16H13Cl2N7O2/c17-11-4-1-5-12(13(11)18)23-15-14(25(26)27)16(22-10-21-15)24(8-2-6-19)9-3-7-20/h1,4-5,10H,2-3,8-9H2,(H,21,22,23). The highest BCUT2D eigenvalue weighted by Gasteiger charge is 2.27. The van der Waals surface area contributed by atoms with E-state index in [2.05, 4.69) is 15.3 Å². The molecule has 0 aliphatic rings. The van der Waals surface area contributed by atoms with Gasteiger partial charge < -0.3 is 10.2 Å². The summed E-state index contributed by atoms with van der Waals surface area (Å²) < 4.78 is 0. The fourth-order valence-corrected chi connectivity index (χ4v) is 2.63. The van der Waals surface area contributed by atoms with Gasteiger partial charge in [-0.15, -0.1) is 0 Å². The number of nitro groups is 1. The number of nitrogens with zero attached hydrogens (tertiary/aromatic N) is 6. The summed E-state index contributed by atoms with van der Waals surface area (Å²) in [5, 5.41) is 32.6. The van der Waals surface area contributed by atoms with Gasteiger partial charge in [-0.3, -0.25) is 10.1 Å². The summed E-state index contributed by atoms with van der Waals surface area (Å²) in [7, 11) is 0. The molecule has 27 heavy (non-hydrogen) atoms. The van der Waals surface area contributed by atoms with Crippen molar-refractivity contribution >= 4 is 46.2 Å². The molecule has 2 aromatic rings. The van der Waals surface area contributed by atoms with Crippen LogP contribution in [0.25, 0.3) is 0 Å². The Hall–Kier alpha value is -3.14. The summed E-state index contributed by atoms with van der Waals surface area (Å²) in [6.45, 7) is 0.376. The van der Waals surface area contributed by atoms with E-state index in [0.717, 1.165) is 6.33 Å². The van der Waals surface area contributed by atoms with Crippen LogP contribution in [0.4, 0.5) is 23.0 Å². The van der Waals surface area contributed by atoms with Crippen LogP contribution in [0.1, 0.15) is 12.8 Å². The average Bonchev–Trinajstić information content (AvgIpc) is 2.65. The molecule has 0 aliphatic heterocycles. The zero-order chi connectivity index (χ0) is 19.8. The second kappa shape index (κ2) is 9.53. The molecule has 1 heterocycles. The van der Waals surface area contributed by atoms with Gasteiger partial charge in [-0.25, -0.2) is 9.97 Å². The molecule has 0 saturated heterocycles. The minimum Gasteiger partial charge on any atom is -0.349 e. The molecular formula is C16H13Cl2N7O2. The smallest absolute Gasteiger partial charge is 0.349 e. The molecule has 0 amide bonds. The van der Waals surface area contributed by atoms with Gasteiger partial charge in [-0.2, -0.15) is 10.5 Å². The SMILES string of the molecule is N#CCCN(CCC#N)c1ncnc(Nc2cccc(Cl)c2Cl)c1[N+](=O)[O-]. The number of anilines is 3. The lowest BCUT2D eigenvalue weighted by Gasteiger charge is -2.21. The van der Waals surface area contributed by atoms with Crippen molar-refractivity contribution in [1.29, 1.82) is 10.5 Å². The van der Waals surface area contributed by atoms with Crippen LogP contribution in [0.15, 0.2) is 24.5 Å². The molecule has 138 valence electrons. The molecule has 0 radical (unpaired) electrons. The van der Waals surface area contributed by atoms with E-state index < -0.39 is 4.92 Å². The Morgan fingerprint density at radius 3 is 2.44 bits per heavy atom. The Balaban J connectivity index is 2.49. The van der Waals surface area contributed by atoms with Gasteiger partial charge in [0.2, 0.25) is 11.6 Å². The lowest BCUT2D eigenvalue weighted by Crippen LogP contribution is -2.27. The molecule has 0 bridgehead atoms. The highest BCUT2D eigenvalue weighted by molar-refractivity contribution is 6.43. The number of nitrogens with one attached hydrogen (secondary N) is 1. The third-order valence-corrected chi connectivity index (χ3v) is 4.30. The predicted molar refractivity (Wildman–Crippen MR) is 101 cm³/mol. The first-order chi connectivity index (χ1) is 13.0. The zero-order valence-electron chi connectivity index (χ0n) is 13.9. The van der Waals surface area contributed by atoms with Gasteiger partial charge in [-0.05, 0) is 12.1 Å². The Kier molecular flexibility index (Phi) is 7.12. The van der Waals surface area contributed by atoms with Crippen molar-refractivity contribution in [2.24, 2.45) is 0 Å². The summed E-state index contributed by atoms with van der Waals surface area (Å²) in [5.74, 6) is -0.0609. The van der Waals surface area contributed by atoms with E-state index in [9.17, 15) is 10.1 Å². The van der Waals surface area contributed by atoms with E-state index in [4.69, 9.17) is 33.7 Å². The number of hydrogen-bond acceptors (Lipinski definition) is 8. The minimum absolute atomic E-state index is 0.0150. The fourth-order valence-electron chi connectivity index (χ4n) is 2.28. The van der Waals surface area contributed by atoms with Crippen LogP contribution in [0.3, 0.4) is 0 Å². The van der Waals surface area contributed by atoms with E-state index in [0.29, 0.717) is 5.69 Å². The van der Waals surface area contributed by atoms with Gasteiger partial charge in [0, 0.05) is 13.1 Å². The van der Waals surface area contributed by atoms with Crippen LogP contribution >= 0.6 is 23.2 Å². The average molecular weight is 406 g/mol. The van der Waals surface area contributed by atoms with Crippen LogP contribution < -0.4 is 10.2 Å². The van der Waals surface area contributed by atoms with Gasteiger partial charge >= 0.3 is 5.69 Å². The summed E-state index contributed by atoms with van der Waals surface area (Å²) in [6.07, 6.45) is 1.40. The van der Waals surface area contributed by atoms with E-state index in [1.807, 2.05) is 12.1 Å². The Bertz CT molecular complexity index is 906. The number of nitriles is 2. The summed E-state index contributed by atoms with van der Waals surface area (Å²) in [5.41, 5.74) is -0.0399. The molecule has 0 atom stereocenters. The first-order valence-corrected chi connectivity index (χ1v) is 8.44. The molecule has 0 fully saturated rings. The number of benzene rings is 1. The van der Waals surface area contributed by atoms with Gasteiger partial charge in [0.05, 0.1) is 45.6 Å². The van der Waals surface area contributed by atoms with Gasteiger partial charge in [0.1, 0.15) is 6.33 Å². The molecule has 1 aromatic heterocycles. The van der Waals surface area contributed by atoms with Crippen molar-refractivity contribution in [3.8, 4) is 12.1 Å². The lowest BCUT2D eigenvalue weighted by atomic mass is 10.3. The minimum atomic E-state index is -0.623. The normalized spacial score (nSPS) is 9.93. The molecule has 11 heteroatoms. The van der Waals surface area contributed by atoms with Gasteiger partial charge in [0.15, 0.2) is 0 Å². The number of halogens is 2. The van der Waals surface area contributed by atoms with E-state index >= 15 is 0 Å². The number of rotatable bonds is 8. The molecule has 0 saturated carbocycles. The molecule has 0 spiro atoms. The van der Waals surface area contributed by atoms with E-state index in [1.165, 1.54) is 4.90 Å². The molecule has 1 N–H and O–H groups in total. The number of aromatic nitrogens is 2. The second-order valence-corrected chi connectivity index (χ2v) is 5.97. The van der Waals surface area contributed by atoms with Crippen molar-refractivity contribution in [1.82, 2.24) is 9.97 Å². The van der Waals surface area contributed by atoms with Crippen molar-refractivity contribution in [3.05, 3.63) is 44.7 Å². The van der Waals surface area contributed by atoms with E-state index in [-0.39, 0.29) is 53.3 Å². The van der Waals surface area contributed by atoms with Crippen molar-refractivity contribution < 1.29 is 4.92 Å². The molecule has 2 rings (SSSR count). The van der Waals surface area contributed by atoms with Crippen molar-refractivity contribution in [2.45, 2.75) is 12.8 Å². The van der Waals surface area contributed by atoms with E-state index in [1.54, 1.807) is 18.2 Å². The molecule has 1 aromatic carbocycles. The molecule has 9 nitrogen and oxygen atoms in total. The van der Waals surface area contributed by atoms with Crippen molar-refractivity contribution in [2.75, 3.05) is 23.3 Å². The molecular weight excluding hydrogens is 393 g/mol. The largest absolute Gasteiger partial charge is 0.353 e. The zero-order valence-corrected chi connectivity index (χ0v) is 15.4. The molecule has 0 unspecified atom stereocenters. The van der Waals surface area contributed by atoms with Crippen LogP contribution in [0.5, 0.6) is 0 Å². The third-order valence-electron chi connectivity index (χ3n) is 3.48. The fraction of sp³-hybridized carbons (Fsp3) is 0.250. The Morgan fingerprint density at radius 1 is 1.19 bits per heavy atom. The van der Waals surface area contributed by atoms with Crippen LogP contribution in [-0.4, -0.2) is 28.0 Å². The maximum atomic E-state index is 11.7. The quantitative estimate of drug-likeness (QED) is 0.513. The highest BCUT2D eigenvalue weighted by Crippen LogP contribution is 2.37. The maximum absolute atomic E-state index is 11.7. The van der Waals surface area contributed by atoms with Crippen molar-refractivity contribution in [3.63, 3.8) is 0 Å². The first kappa shape index (κ1) is 20.2. The summed E-state index contributed by atoms with van der Waals surface area (Å²) in [4.78, 5) is 20.5. The predicted octanol–water partition coefficient (Wildman–Crippen LogP) is 4.07. The summed E-state index contributed by atoms with van der Waals surface area (Å²) in [6, 6.07) is 8.77. The van der Waals surface area contributed by atoms with Gasteiger partial charge in [0.25, 0.3) is 0 Å². The lowest BCUT2D eigenvalue weighted by molar-refractivity contribution is -0.383. The van der Waals surface area contributed by atoms with Gasteiger partial charge in [-0.1, -0.05) is 29.3 Å². The number of hydrogen-bond donors (Lipinski definition) is 1. The van der Waals surface area contributed by atoms with Crippen LogP contribution in [-0.2, 0) is 0 Å². The molecule has 0 aliphatic carbocycles. The monoisotopic (exact) mass is 405 g/mol. The third kappa shape index (κ3) is 4.94. The second-order valence-electron chi connectivity index (χ2n) is 5.18. The van der Waals surface area contributed by atoms with Crippen LogP contribution in [0.2, 0.25) is 10.0 Å². The van der Waals surface area contributed by atoms with Crippen LogP contribution in [0, 0.1) is 32.8 Å². The topological polar surface area (TPSA) is 132 Å². The Labute approximate surface area is 164 Å². The first-order valence-electron chi connectivity index (χ1n) is 7.68. The highest BCUT2D eigenvalue weighted by atomic mass is 35.5. The maximum Gasteiger partial charge on any atom is 0.353 e.